The van der Waals surface area contributed by atoms with E-state index in [0.29, 0.717) is 6.42 Å². The van der Waals surface area contributed by atoms with Crippen molar-refractivity contribution in [2.24, 2.45) is 17.6 Å². The van der Waals surface area contributed by atoms with E-state index in [2.05, 4.69) is 5.92 Å². The van der Waals surface area contributed by atoms with Gasteiger partial charge < -0.3 is 25.8 Å². The summed E-state index contributed by atoms with van der Waals surface area (Å²) < 4.78 is 4.88. The predicted octanol–water partition coefficient (Wildman–Crippen LogP) is -0.479. The van der Waals surface area contributed by atoms with Crippen LogP contribution in [0.3, 0.4) is 0 Å². The number of carbonyl (C=O) groups is 2. The first kappa shape index (κ1) is 20.4. The van der Waals surface area contributed by atoms with Gasteiger partial charge in [-0.15, -0.1) is 12.3 Å². The zero-order valence-corrected chi connectivity index (χ0v) is 12.9. The van der Waals surface area contributed by atoms with E-state index in [1.54, 1.807) is 0 Å². The van der Waals surface area contributed by atoms with Crippen molar-refractivity contribution in [1.29, 1.82) is 0 Å². The van der Waals surface area contributed by atoms with Crippen LogP contribution in [-0.2, 0) is 14.3 Å². The molecule has 0 radical (unpaired) electrons. The molecule has 0 saturated heterocycles. The summed E-state index contributed by atoms with van der Waals surface area (Å²) in [6.07, 6.45) is 0.886. The molecule has 0 aromatic heterocycles. The molecule has 3 atom stereocenters. The van der Waals surface area contributed by atoms with Crippen LogP contribution < -0.4 is 5.73 Å². The van der Waals surface area contributed by atoms with Gasteiger partial charge in [-0.1, -0.05) is 13.8 Å². The number of esters is 1. The quantitative estimate of drug-likeness (QED) is 0.245. The van der Waals surface area contributed by atoms with E-state index in [1.165, 1.54) is 0 Å². The second-order valence-electron chi connectivity index (χ2n) is 5.55. The van der Waals surface area contributed by atoms with E-state index in [0.717, 1.165) is 0 Å². The summed E-state index contributed by atoms with van der Waals surface area (Å²) in [6, 6.07) is 0. The van der Waals surface area contributed by atoms with Crippen LogP contribution in [0.2, 0.25) is 0 Å². The Morgan fingerprint density at radius 3 is 2.23 bits per heavy atom. The molecule has 0 heterocycles. The first-order valence-corrected chi connectivity index (χ1v) is 7.17. The molecular formula is C15H25NO6. The molecule has 5 N–H and O–H groups in total. The van der Waals surface area contributed by atoms with E-state index >= 15 is 0 Å². The van der Waals surface area contributed by atoms with Gasteiger partial charge in [0.15, 0.2) is 12.4 Å². The lowest BCUT2D eigenvalue weighted by atomic mass is 9.89. The van der Waals surface area contributed by atoms with E-state index in [1.807, 2.05) is 13.8 Å². The van der Waals surface area contributed by atoms with Crippen LogP contribution in [0, 0.1) is 24.2 Å². The highest BCUT2D eigenvalue weighted by Gasteiger charge is 2.39. The van der Waals surface area contributed by atoms with Gasteiger partial charge in [0.25, 0.3) is 5.91 Å². The zero-order valence-electron chi connectivity index (χ0n) is 12.9. The summed E-state index contributed by atoms with van der Waals surface area (Å²) in [5.41, 5.74) is 5.16. The number of hydrogen-bond donors (Lipinski definition) is 4. The van der Waals surface area contributed by atoms with Gasteiger partial charge in [0.05, 0.1) is 18.4 Å². The van der Waals surface area contributed by atoms with Crippen LogP contribution >= 0.6 is 0 Å². The second kappa shape index (κ2) is 10.2. The number of ether oxygens (including phenoxy) is 1. The third kappa shape index (κ3) is 7.41. The SMILES string of the molecule is C#CCCC(=O)OC(C(N)=O)C(C(O)O)C(O)CCC(C)C. The Hall–Kier alpha value is -1.62. The summed E-state index contributed by atoms with van der Waals surface area (Å²) in [5, 5.41) is 28.9. The Labute approximate surface area is 130 Å². The number of nitrogens with two attached hydrogens (primary N) is 1. The Bertz CT molecular complexity index is 401. The van der Waals surface area contributed by atoms with Crippen LogP contribution in [0.1, 0.15) is 39.5 Å². The summed E-state index contributed by atoms with van der Waals surface area (Å²) in [6.45, 7) is 3.87. The van der Waals surface area contributed by atoms with Crippen molar-refractivity contribution < 1.29 is 29.6 Å². The van der Waals surface area contributed by atoms with E-state index in [9.17, 15) is 24.9 Å². The second-order valence-corrected chi connectivity index (χ2v) is 5.55. The first-order chi connectivity index (χ1) is 10.2. The Morgan fingerprint density at radius 1 is 1.23 bits per heavy atom. The van der Waals surface area contributed by atoms with Crippen LogP contribution in [0.5, 0.6) is 0 Å². The molecular weight excluding hydrogens is 290 g/mol. The fourth-order valence-electron chi connectivity index (χ4n) is 1.95. The van der Waals surface area contributed by atoms with Gasteiger partial charge in [-0.05, 0) is 18.8 Å². The lowest BCUT2D eigenvalue weighted by molar-refractivity contribution is -0.184. The van der Waals surface area contributed by atoms with Gasteiger partial charge in [-0.2, -0.15) is 0 Å². The van der Waals surface area contributed by atoms with Crippen LogP contribution in [-0.4, -0.2) is 45.7 Å². The molecule has 0 aliphatic rings. The summed E-state index contributed by atoms with van der Waals surface area (Å²) >= 11 is 0. The molecule has 3 unspecified atom stereocenters. The minimum atomic E-state index is -2.06. The number of terminal acetylenes is 1. The van der Waals surface area contributed by atoms with Crippen molar-refractivity contribution >= 4 is 11.9 Å². The topological polar surface area (TPSA) is 130 Å². The Kier molecular flexibility index (Phi) is 9.42. The molecule has 0 saturated carbocycles. The molecule has 126 valence electrons. The maximum Gasteiger partial charge on any atom is 0.307 e. The number of aliphatic hydroxyl groups excluding tert-OH is 2. The molecule has 0 rings (SSSR count). The fourth-order valence-corrected chi connectivity index (χ4v) is 1.95. The van der Waals surface area contributed by atoms with Gasteiger partial charge in [0.1, 0.15) is 0 Å². The minimum absolute atomic E-state index is 0.118. The largest absolute Gasteiger partial charge is 0.452 e. The average molecular weight is 315 g/mol. The minimum Gasteiger partial charge on any atom is -0.452 e. The number of hydrogen-bond acceptors (Lipinski definition) is 6. The Balaban J connectivity index is 4.99. The van der Waals surface area contributed by atoms with Gasteiger partial charge in [0, 0.05) is 6.42 Å². The van der Waals surface area contributed by atoms with Crippen molar-refractivity contribution in [2.75, 3.05) is 0 Å². The molecule has 0 aromatic carbocycles. The number of aliphatic hydroxyl groups is 3. The molecule has 22 heavy (non-hydrogen) atoms. The lowest BCUT2D eigenvalue weighted by Crippen LogP contribution is -2.49. The molecule has 0 fully saturated rings. The summed E-state index contributed by atoms with van der Waals surface area (Å²) in [5.74, 6) is -0.741. The monoisotopic (exact) mass is 315 g/mol. The summed E-state index contributed by atoms with van der Waals surface area (Å²) in [7, 11) is 0. The van der Waals surface area contributed by atoms with Crippen molar-refractivity contribution in [1.82, 2.24) is 0 Å². The molecule has 0 aliphatic carbocycles. The molecule has 1 amide bonds. The molecule has 0 spiro atoms. The van der Waals surface area contributed by atoms with Gasteiger partial charge in [-0.3, -0.25) is 9.59 Å². The lowest BCUT2D eigenvalue weighted by Gasteiger charge is -2.30. The fraction of sp³-hybridized carbons (Fsp3) is 0.733. The third-order valence-electron chi connectivity index (χ3n) is 3.19. The first-order valence-electron chi connectivity index (χ1n) is 7.17. The highest BCUT2D eigenvalue weighted by Crippen LogP contribution is 2.22. The normalized spacial score (nSPS) is 15.2. The average Bonchev–Trinajstić information content (AvgIpc) is 2.41. The molecule has 0 aliphatic heterocycles. The van der Waals surface area contributed by atoms with Gasteiger partial charge in [0.2, 0.25) is 0 Å². The molecule has 0 aromatic rings. The van der Waals surface area contributed by atoms with E-state index in [4.69, 9.17) is 16.9 Å². The van der Waals surface area contributed by atoms with Gasteiger partial charge >= 0.3 is 5.97 Å². The van der Waals surface area contributed by atoms with Crippen LogP contribution in [0.15, 0.2) is 0 Å². The maximum atomic E-state index is 11.6. The molecule has 7 heteroatoms. The van der Waals surface area contributed by atoms with Crippen LogP contribution in [0.25, 0.3) is 0 Å². The van der Waals surface area contributed by atoms with Crippen molar-refractivity contribution in [2.45, 2.75) is 58.0 Å². The van der Waals surface area contributed by atoms with Crippen molar-refractivity contribution in [3.8, 4) is 12.3 Å². The van der Waals surface area contributed by atoms with E-state index < -0.39 is 36.3 Å². The number of rotatable bonds is 10. The molecule has 0 bridgehead atoms. The van der Waals surface area contributed by atoms with Crippen molar-refractivity contribution in [3.63, 3.8) is 0 Å². The molecule has 7 nitrogen and oxygen atoms in total. The summed E-state index contributed by atoms with van der Waals surface area (Å²) in [4.78, 5) is 23.0. The van der Waals surface area contributed by atoms with Crippen LogP contribution in [0.4, 0.5) is 0 Å². The highest BCUT2D eigenvalue weighted by atomic mass is 16.6. The highest BCUT2D eigenvalue weighted by molar-refractivity contribution is 5.82. The van der Waals surface area contributed by atoms with E-state index in [-0.39, 0.29) is 25.2 Å². The third-order valence-corrected chi connectivity index (χ3v) is 3.19. The number of primary amides is 1. The number of carbonyl (C=O) groups excluding carboxylic acids is 2. The van der Waals surface area contributed by atoms with Crippen molar-refractivity contribution in [3.05, 3.63) is 0 Å². The number of amides is 1. The Morgan fingerprint density at radius 2 is 1.82 bits per heavy atom. The smallest absolute Gasteiger partial charge is 0.307 e. The maximum absolute atomic E-state index is 11.6. The predicted molar refractivity (Wildman–Crippen MR) is 78.9 cm³/mol. The zero-order chi connectivity index (χ0) is 17.3. The van der Waals surface area contributed by atoms with Gasteiger partial charge in [-0.25, -0.2) is 0 Å². The standard InChI is InChI=1S/C15H25NO6/c1-4-5-6-11(18)22-13(14(16)19)12(15(20)21)10(17)8-7-9(2)3/h1,9-10,12-13,15,17,20-21H,5-8H2,2-3H3,(H2,16,19).